The maximum Gasteiger partial charge on any atom is 0.249 e. The maximum atomic E-state index is 13.0. The summed E-state index contributed by atoms with van der Waals surface area (Å²) in [7, 11) is 0. The number of allylic oxidation sites excluding steroid dienone is 3. The van der Waals surface area contributed by atoms with Gasteiger partial charge in [0.2, 0.25) is 5.91 Å². The number of carbonyl (C=O) groups is 1. The quantitative estimate of drug-likeness (QED) is 0.0263. The molecule has 312 valence electrons. The number of aliphatic hydroxyl groups is 6. The Morgan fingerprint density at radius 2 is 1.23 bits per heavy atom. The molecule has 1 rings (SSSR count). The van der Waals surface area contributed by atoms with Gasteiger partial charge < -0.3 is 45.4 Å². The van der Waals surface area contributed by atoms with Gasteiger partial charge in [-0.05, 0) is 39.0 Å². The standard InChI is InChI=1S/C43H81NO9/c1-4-6-8-10-12-13-14-15-16-17-18-20-22-26-31-37(47)42(51)44-35(33-52-43-41(50)40(49)39(48)38(32-45)53-43)36(46)30-27-23-25-29-34(3)28-24-21-19-11-9-7-5-2/h27,29-30,35-41,43,45-50H,4-26,28,31-33H2,1-3H3,(H,44,51)/b30-27+,34-29+/t35-,36+,37?,38+,39-,40-,41+,43+/m0/s1. The number of aliphatic hydroxyl groups excluding tert-OH is 6. The highest BCUT2D eigenvalue weighted by atomic mass is 16.7. The van der Waals surface area contributed by atoms with Crippen LogP contribution in [0.1, 0.15) is 181 Å². The Labute approximate surface area is 322 Å². The van der Waals surface area contributed by atoms with Gasteiger partial charge >= 0.3 is 0 Å². The number of nitrogens with one attached hydrogen (secondary N) is 1. The first kappa shape index (κ1) is 49.6. The van der Waals surface area contributed by atoms with Crippen LogP contribution in [0.15, 0.2) is 23.8 Å². The lowest BCUT2D eigenvalue weighted by Crippen LogP contribution is -2.60. The summed E-state index contributed by atoms with van der Waals surface area (Å²) < 4.78 is 11.1. The van der Waals surface area contributed by atoms with Crippen molar-refractivity contribution in [3.05, 3.63) is 23.8 Å². The second-order valence-corrected chi connectivity index (χ2v) is 15.5. The van der Waals surface area contributed by atoms with Gasteiger partial charge in [-0.2, -0.15) is 0 Å². The molecule has 1 heterocycles. The lowest BCUT2D eigenvalue weighted by atomic mass is 9.99. The van der Waals surface area contributed by atoms with Gasteiger partial charge in [0.15, 0.2) is 6.29 Å². The van der Waals surface area contributed by atoms with Gasteiger partial charge in [0.25, 0.3) is 0 Å². The van der Waals surface area contributed by atoms with Crippen molar-refractivity contribution in [1.29, 1.82) is 0 Å². The van der Waals surface area contributed by atoms with Gasteiger partial charge in [-0.1, -0.05) is 166 Å². The van der Waals surface area contributed by atoms with Crippen LogP contribution in [-0.2, 0) is 14.3 Å². The van der Waals surface area contributed by atoms with Crippen LogP contribution in [-0.4, -0.2) is 98.7 Å². The highest BCUT2D eigenvalue weighted by Crippen LogP contribution is 2.23. The molecular formula is C43H81NO9. The minimum atomic E-state index is -1.61. The zero-order valence-electron chi connectivity index (χ0n) is 33.9. The average molecular weight is 756 g/mol. The van der Waals surface area contributed by atoms with E-state index in [0.29, 0.717) is 19.3 Å². The SMILES string of the molecule is CCCCCCCCCCCCCCCCC(O)C(=O)N[C@@H](CO[C@@H]1O[C@H](CO)[C@H](O)[C@H](O)[C@H]1O)[C@H](O)/C=C/CC/C=C(\C)CCCCCCCCC. The zero-order chi connectivity index (χ0) is 39.1. The van der Waals surface area contributed by atoms with Gasteiger partial charge in [-0.25, -0.2) is 0 Å². The average Bonchev–Trinajstić information content (AvgIpc) is 3.15. The molecule has 0 saturated carbocycles. The predicted molar refractivity (Wildman–Crippen MR) is 213 cm³/mol. The number of ether oxygens (including phenoxy) is 2. The summed E-state index contributed by atoms with van der Waals surface area (Å²) >= 11 is 0. The Hall–Kier alpha value is -1.37. The fraction of sp³-hybridized carbons (Fsp3) is 0.884. The number of hydrogen-bond donors (Lipinski definition) is 7. The van der Waals surface area contributed by atoms with Gasteiger partial charge in [0.05, 0.1) is 25.4 Å². The van der Waals surface area contributed by atoms with E-state index in [9.17, 15) is 35.4 Å². The Kier molecular flexibility index (Phi) is 30.8. The molecule has 1 aliphatic rings. The van der Waals surface area contributed by atoms with Crippen LogP contribution in [0.3, 0.4) is 0 Å². The fourth-order valence-electron chi connectivity index (χ4n) is 6.83. The Balaban J connectivity index is 2.54. The van der Waals surface area contributed by atoms with Crippen LogP contribution in [0.5, 0.6) is 0 Å². The largest absolute Gasteiger partial charge is 0.394 e. The van der Waals surface area contributed by atoms with Gasteiger partial charge in [0, 0.05) is 0 Å². The van der Waals surface area contributed by atoms with E-state index in [2.05, 4.69) is 32.2 Å². The van der Waals surface area contributed by atoms with Crippen molar-refractivity contribution in [2.75, 3.05) is 13.2 Å². The van der Waals surface area contributed by atoms with Crippen LogP contribution in [0, 0.1) is 0 Å². The highest BCUT2D eigenvalue weighted by Gasteiger charge is 2.44. The number of amides is 1. The molecule has 1 amide bonds. The first-order valence-electron chi connectivity index (χ1n) is 21.6. The molecule has 0 aromatic rings. The lowest BCUT2D eigenvalue weighted by Gasteiger charge is -2.40. The van der Waals surface area contributed by atoms with Gasteiger partial charge in [0.1, 0.15) is 30.5 Å². The third kappa shape index (κ3) is 24.0. The topological polar surface area (TPSA) is 169 Å². The molecule has 0 aliphatic carbocycles. The molecule has 1 unspecified atom stereocenters. The molecule has 10 nitrogen and oxygen atoms in total. The molecule has 0 radical (unpaired) electrons. The summed E-state index contributed by atoms with van der Waals surface area (Å²) in [5.74, 6) is -0.626. The van der Waals surface area contributed by atoms with Gasteiger partial charge in [-0.15, -0.1) is 0 Å². The second-order valence-electron chi connectivity index (χ2n) is 15.5. The number of carbonyl (C=O) groups excluding carboxylic acids is 1. The van der Waals surface area contributed by atoms with Crippen molar-refractivity contribution < 1.29 is 44.9 Å². The van der Waals surface area contributed by atoms with Crippen LogP contribution in [0.4, 0.5) is 0 Å². The number of hydrogen-bond acceptors (Lipinski definition) is 9. The van der Waals surface area contributed by atoms with E-state index >= 15 is 0 Å². The molecule has 53 heavy (non-hydrogen) atoms. The summed E-state index contributed by atoms with van der Waals surface area (Å²) in [6.07, 6.45) is 24.9. The fourth-order valence-corrected chi connectivity index (χ4v) is 6.83. The Morgan fingerprint density at radius 3 is 1.75 bits per heavy atom. The summed E-state index contributed by atoms with van der Waals surface area (Å²) in [5, 5.41) is 64.6. The summed E-state index contributed by atoms with van der Waals surface area (Å²) in [4.78, 5) is 13.0. The van der Waals surface area contributed by atoms with Crippen LogP contribution in [0.25, 0.3) is 0 Å². The molecular weight excluding hydrogens is 674 g/mol. The third-order valence-electron chi connectivity index (χ3n) is 10.5. The minimum absolute atomic E-state index is 0.306. The van der Waals surface area contributed by atoms with E-state index in [4.69, 9.17) is 9.47 Å². The molecule has 0 aromatic heterocycles. The molecule has 0 spiro atoms. The van der Waals surface area contributed by atoms with Crippen molar-refractivity contribution in [3.8, 4) is 0 Å². The second kappa shape index (κ2) is 32.8. The Bertz CT molecular complexity index is 929. The van der Waals surface area contributed by atoms with Crippen molar-refractivity contribution >= 4 is 5.91 Å². The molecule has 1 fully saturated rings. The van der Waals surface area contributed by atoms with Crippen LogP contribution in [0.2, 0.25) is 0 Å². The minimum Gasteiger partial charge on any atom is -0.394 e. The summed E-state index contributed by atoms with van der Waals surface area (Å²) in [5.41, 5.74) is 1.36. The Morgan fingerprint density at radius 1 is 0.717 bits per heavy atom. The molecule has 0 aromatic carbocycles. The number of unbranched alkanes of at least 4 members (excludes halogenated alkanes) is 20. The highest BCUT2D eigenvalue weighted by molar-refractivity contribution is 5.80. The predicted octanol–water partition coefficient (Wildman–Crippen LogP) is 7.30. The first-order valence-corrected chi connectivity index (χ1v) is 21.6. The van der Waals surface area contributed by atoms with Crippen molar-refractivity contribution in [1.82, 2.24) is 5.32 Å². The zero-order valence-corrected chi connectivity index (χ0v) is 33.9. The molecule has 1 saturated heterocycles. The summed E-state index contributed by atoms with van der Waals surface area (Å²) in [6, 6.07) is -0.994. The van der Waals surface area contributed by atoms with E-state index in [1.165, 1.54) is 115 Å². The molecule has 1 aliphatic heterocycles. The normalized spacial score (nSPS) is 22.7. The van der Waals surface area contributed by atoms with E-state index in [1.807, 2.05) is 6.08 Å². The van der Waals surface area contributed by atoms with Gasteiger partial charge in [-0.3, -0.25) is 4.79 Å². The van der Waals surface area contributed by atoms with Crippen molar-refractivity contribution in [3.63, 3.8) is 0 Å². The molecule has 7 N–H and O–H groups in total. The summed E-state index contributed by atoms with van der Waals surface area (Å²) in [6.45, 7) is 5.72. The molecule has 0 bridgehead atoms. The smallest absolute Gasteiger partial charge is 0.249 e. The van der Waals surface area contributed by atoms with E-state index in [-0.39, 0.29) is 6.61 Å². The monoisotopic (exact) mass is 756 g/mol. The van der Waals surface area contributed by atoms with E-state index in [1.54, 1.807) is 6.08 Å². The molecule has 10 heteroatoms. The van der Waals surface area contributed by atoms with E-state index in [0.717, 1.165) is 32.1 Å². The maximum absolute atomic E-state index is 13.0. The molecule has 8 atom stereocenters. The number of rotatable bonds is 34. The lowest BCUT2D eigenvalue weighted by molar-refractivity contribution is -0.302. The van der Waals surface area contributed by atoms with Crippen molar-refractivity contribution in [2.24, 2.45) is 0 Å². The first-order chi connectivity index (χ1) is 25.7. The van der Waals surface area contributed by atoms with Crippen LogP contribution < -0.4 is 5.32 Å². The third-order valence-corrected chi connectivity index (χ3v) is 10.5. The van der Waals surface area contributed by atoms with Crippen LogP contribution >= 0.6 is 0 Å². The van der Waals surface area contributed by atoms with Crippen molar-refractivity contribution in [2.45, 2.75) is 230 Å². The van der Waals surface area contributed by atoms with E-state index < -0.39 is 61.5 Å².